The van der Waals surface area contributed by atoms with E-state index < -0.39 is 0 Å². The molecule has 96 valence electrons. The van der Waals surface area contributed by atoms with Gasteiger partial charge in [0.1, 0.15) is 5.78 Å². The second-order valence-corrected chi connectivity index (χ2v) is 5.29. The van der Waals surface area contributed by atoms with Crippen LogP contribution >= 0.6 is 0 Å². The van der Waals surface area contributed by atoms with Crippen molar-refractivity contribution in [3.05, 3.63) is 12.7 Å². The van der Waals surface area contributed by atoms with Gasteiger partial charge >= 0.3 is 0 Å². The number of morpholine rings is 1. The first kappa shape index (κ1) is 12.8. The molecule has 0 aromatic rings. The number of Topliss-reactive ketones (excluding diaryl/α,β-unsaturated/α-hetero) is 1. The Morgan fingerprint density at radius 2 is 2.12 bits per heavy atom. The van der Waals surface area contributed by atoms with Crippen LogP contribution in [0.25, 0.3) is 0 Å². The molecule has 0 aromatic heterocycles. The van der Waals surface area contributed by atoms with Gasteiger partial charge in [-0.25, -0.2) is 0 Å². The monoisotopic (exact) mass is 237 g/mol. The van der Waals surface area contributed by atoms with E-state index in [0.717, 1.165) is 58.5 Å². The highest BCUT2D eigenvalue weighted by molar-refractivity contribution is 5.86. The quantitative estimate of drug-likeness (QED) is 0.701. The van der Waals surface area contributed by atoms with Crippen LogP contribution in [0.15, 0.2) is 12.7 Å². The first-order chi connectivity index (χ1) is 8.27. The van der Waals surface area contributed by atoms with Gasteiger partial charge in [-0.3, -0.25) is 9.69 Å². The summed E-state index contributed by atoms with van der Waals surface area (Å²) < 4.78 is 5.36. The van der Waals surface area contributed by atoms with E-state index in [1.807, 2.05) is 6.08 Å². The molecule has 0 radical (unpaired) electrons. The fraction of sp³-hybridized carbons (Fsp3) is 0.786. The minimum Gasteiger partial charge on any atom is -0.379 e. The minimum atomic E-state index is -0.142. The van der Waals surface area contributed by atoms with E-state index in [-0.39, 0.29) is 5.41 Å². The van der Waals surface area contributed by atoms with Gasteiger partial charge in [0.2, 0.25) is 0 Å². The second kappa shape index (κ2) is 5.78. The van der Waals surface area contributed by atoms with Crippen molar-refractivity contribution < 1.29 is 9.53 Å². The van der Waals surface area contributed by atoms with E-state index in [4.69, 9.17) is 4.74 Å². The standard InChI is InChI=1S/C14H23NO2/c1-2-6-14(7-4-3-5-13(14)16)12-15-8-10-17-11-9-15/h2H,1,3-12H2. The van der Waals surface area contributed by atoms with Crippen LogP contribution in [0, 0.1) is 5.41 Å². The third-order valence-electron chi connectivity index (χ3n) is 4.07. The molecule has 1 saturated heterocycles. The summed E-state index contributed by atoms with van der Waals surface area (Å²) >= 11 is 0. The number of ether oxygens (including phenoxy) is 1. The first-order valence-corrected chi connectivity index (χ1v) is 6.71. The molecule has 3 nitrogen and oxygen atoms in total. The molecule has 2 aliphatic rings. The van der Waals surface area contributed by atoms with Crippen molar-refractivity contribution in [2.24, 2.45) is 5.41 Å². The Bertz CT molecular complexity index is 284. The zero-order valence-electron chi connectivity index (χ0n) is 10.6. The zero-order chi connectivity index (χ0) is 12.1. The van der Waals surface area contributed by atoms with E-state index in [1.54, 1.807) is 0 Å². The number of hydrogen-bond acceptors (Lipinski definition) is 3. The van der Waals surface area contributed by atoms with Crippen LogP contribution in [0.3, 0.4) is 0 Å². The molecule has 0 spiro atoms. The van der Waals surface area contributed by atoms with Gasteiger partial charge in [0.05, 0.1) is 13.2 Å². The maximum atomic E-state index is 12.3. The van der Waals surface area contributed by atoms with Crippen LogP contribution in [0.5, 0.6) is 0 Å². The average Bonchev–Trinajstić information content (AvgIpc) is 2.35. The average molecular weight is 237 g/mol. The fourth-order valence-corrected chi connectivity index (χ4v) is 3.06. The molecule has 0 bridgehead atoms. The number of ketones is 1. The highest BCUT2D eigenvalue weighted by atomic mass is 16.5. The van der Waals surface area contributed by atoms with Crippen LogP contribution in [-0.2, 0) is 9.53 Å². The maximum absolute atomic E-state index is 12.3. The van der Waals surface area contributed by atoms with Crippen molar-refractivity contribution in [1.82, 2.24) is 4.90 Å². The summed E-state index contributed by atoms with van der Waals surface area (Å²) in [6, 6.07) is 0. The van der Waals surface area contributed by atoms with Gasteiger partial charge in [0.15, 0.2) is 0 Å². The SMILES string of the molecule is C=CCC1(CN2CCOCC2)CCCCC1=O. The van der Waals surface area contributed by atoms with Gasteiger partial charge < -0.3 is 4.74 Å². The number of nitrogens with zero attached hydrogens (tertiary/aromatic N) is 1. The molecule has 1 aliphatic carbocycles. The topological polar surface area (TPSA) is 29.5 Å². The molecule has 1 atom stereocenters. The van der Waals surface area contributed by atoms with Gasteiger partial charge in [-0.15, -0.1) is 6.58 Å². The molecule has 2 rings (SSSR count). The first-order valence-electron chi connectivity index (χ1n) is 6.71. The second-order valence-electron chi connectivity index (χ2n) is 5.29. The lowest BCUT2D eigenvalue weighted by molar-refractivity contribution is -0.133. The summed E-state index contributed by atoms with van der Waals surface area (Å²) in [4.78, 5) is 14.7. The highest BCUT2D eigenvalue weighted by Gasteiger charge is 2.40. The largest absolute Gasteiger partial charge is 0.379 e. The Kier molecular flexibility index (Phi) is 4.35. The molecular weight excluding hydrogens is 214 g/mol. The molecule has 17 heavy (non-hydrogen) atoms. The van der Waals surface area contributed by atoms with Crippen LogP contribution in [-0.4, -0.2) is 43.5 Å². The number of carbonyl (C=O) groups is 1. The lowest BCUT2D eigenvalue weighted by Gasteiger charge is -2.40. The Labute approximate surface area is 104 Å². The van der Waals surface area contributed by atoms with Crippen LogP contribution in [0.2, 0.25) is 0 Å². The summed E-state index contributed by atoms with van der Waals surface area (Å²) in [5.74, 6) is 0.454. The molecule has 1 heterocycles. The van der Waals surface area contributed by atoms with E-state index in [9.17, 15) is 4.79 Å². The van der Waals surface area contributed by atoms with Crippen molar-refractivity contribution in [3.8, 4) is 0 Å². The van der Waals surface area contributed by atoms with E-state index in [1.165, 1.54) is 6.42 Å². The van der Waals surface area contributed by atoms with Crippen LogP contribution in [0.4, 0.5) is 0 Å². The number of rotatable bonds is 4. The number of allylic oxidation sites excluding steroid dienone is 1. The molecule has 1 aliphatic heterocycles. The summed E-state index contributed by atoms with van der Waals surface area (Å²) in [5.41, 5.74) is -0.142. The number of hydrogen-bond donors (Lipinski definition) is 0. The lowest BCUT2D eigenvalue weighted by Crippen LogP contribution is -2.48. The van der Waals surface area contributed by atoms with Crippen LogP contribution in [0.1, 0.15) is 32.1 Å². The molecule has 0 amide bonds. The van der Waals surface area contributed by atoms with Crippen molar-refractivity contribution in [2.75, 3.05) is 32.8 Å². The normalized spacial score (nSPS) is 31.4. The van der Waals surface area contributed by atoms with Gasteiger partial charge in [0, 0.05) is 31.5 Å². The Hall–Kier alpha value is -0.670. The molecule has 2 fully saturated rings. The molecule has 0 aromatic carbocycles. The van der Waals surface area contributed by atoms with E-state index in [0.29, 0.717) is 5.78 Å². The van der Waals surface area contributed by atoms with Crippen molar-refractivity contribution in [2.45, 2.75) is 32.1 Å². The van der Waals surface area contributed by atoms with E-state index in [2.05, 4.69) is 11.5 Å². The Balaban J connectivity index is 2.03. The molecule has 0 N–H and O–H groups in total. The maximum Gasteiger partial charge on any atom is 0.140 e. The summed E-state index contributed by atoms with van der Waals surface area (Å²) in [7, 11) is 0. The predicted octanol–water partition coefficient (Wildman–Crippen LogP) is 2.02. The molecule has 1 saturated carbocycles. The number of carbonyl (C=O) groups excluding carboxylic acids is 1. The highest BCUT2D eigenvalue weighted by Crippen LogP contribution is 2.37. The Morgan fingerprint density at radius 3 is 2.76 bits per heavy atom. The van der Waals surface area contributed by atoms with E-state index >= 15 is 0 Å². The van der Waals surface area contributed by atoms with Gasteiger partial charge in [-0.1, -0.05) is 12.5 Å². The molecule has 3 heteroatoms. The summed E-state index contributed by atoms with van der Waals surface area (Å²) in [6.07, 6.45) is 6.81. The van der Waals surface area contributed by atoms with Crippen molar-refractivity contribution in [3.63, 3.8) is 0 Å². The predicted molar refractivity (Wildman–Crippen MR) is 68.0 cm³/mol. The van der Waals surface area contributed by atoms with Crippen LogP contribution < -0.4 is 0 Å². The fourth-order valence-electron chi connectivity index (χ4n) is 3.06. The summed E-state index contributed by atoms with van der Waals surface area (Å²) in [5, 5.41) is 0. The van der Waals surface area contributed by atoms with Crippen molar-refractivity contribution >= 4 is 5.78 Å². The zero-order valence-corrected chi connectivity index (χ0v) is 10.6. The Morgan fingerprint density at radius 1 is 1.35 bits per heavy atom. The van der Waals surface area contributed by atoms with Crippen molar-refractivity contribution in [1.29, 1.82) is 0 Å². The summed E-state index contributed by atoms with van der Waals surface area (Å²) in [6.45, 7) is 8.27. The van der Waals surface area contributed by atoms with Gasteiger partial charge in [-0.05, 0) is 19.3 Å². The molecular formula is C14H23NO2. The van der Waals surface area contributed by atoms with Gasteiger partial charge in [-0.2, -0.15) is 0 Å². The third kappa shape index (κ3) is 2.96. The lowest BCUT2D eigenvalue weighted by atomic mass is 9.70. The third-order valence-corrected chi connectivity index (χ3v) is 4.07. The van der Waals surface area contributed by atoms with Gasteiger partial charge in [0.25, 0.3) is 0 Å². The smallest absolute Gasteiger partial charge is 0.140 e. The molecule has 1 unspecified atom stereocenters. The minimum absolute atomic E-state index is 0.142.